The van der Waals surface area contributed by atoms with E-state index in [9.17, 15) is 4.79 Å². The van der Waals surface area contributed by atoms with Crippen LogP contribution in [-0.2, 0) is 25.9 Å². The Hall–Kier alpha value is -1.98. The van der Waals surface area contributed by atoms with E-state index in [1.807, 2.05) is 18.2 Å². The van der Waals surface area contributed by atoms with Gasteiger partial charge in [0, 0.05) is 11.4 Å². The first-order chi connectivity index (χ1) is 11.7. The second-order valence-corrected chi connectivity index (χ2v) is 7.65. The van der Waals surface area contributed by atoms with Crippen LogP contribution >= 0.6 is 11.3 Å². The molecule has 0 unspecified atom stereocenters. The minimum atomic E-state index is 0.0301. The van der Waals surface area contributed by atoms with Gasteiger partial charge in [0.1, 0.15) is 10.7 Å². The van der Waals surface area contributed by atoms with Gasteiger partial charge in [0.05, 0.1) is 11.9 Å². The van der Waals surface area contributed by atoms with Crippen LogP contribution in [0.5, 0.6) is 0 Å². The molecule has 1 N–H and O–H groups in total. The SMILES string of the molecule is CN(Cc1ccccc1)Cc1nc2sc3c(c2c(=O)[nH]1)CCCC3. The molecule has 1 aromatic carbocycles. The molecule has 2 aromatic heterocycles. The number of hydrogen-bond acceptors (Lipinski definition) is 4. The minimum Gasteiger partial charge on any atom is -0.309 e. The number of benzene rings is 1. The lowest BCUT2D eigenvalue weighted by Gasteiger charge is -2.16. The van der Waals surface area contributed by atoms with E-state index >= 15 is 0 Å². The molecule has 0 atom stereocenters. The summed E-state index contributed by atoms with van der Waals surface area (Å²) in [6.07, 6.45) is 4.52. The maximum Gasteiger partial charge on any atom is 0.259 e. The van der Waals surface area contributed by atoms with Crippen LogP contribution in [0.3, 0.4) is 0 Å². The number of H-pyrrole nitrogens is 1. The number of aromatic amines is 1. The minimum absolute atomic E-state index is 0.0301. The Morgan fingerprint density at radius 3 is 2.79 bits per heavy atom. The molecule has 0 saturated heterocycles. The van der Waals surface area contributed by atoms with Gasteiger partial charge in [-0.25, -0.2) is 4.98 Å². The van der Waals surface area contributed by atoms with Crippen LogP contribution in [0.4, 0.5) is 0 Å². The van der Waals surface area contributed by atoms with Crippen molar-refractivity contribution >= 4 is 21.6 Å². The molecular formula is C19H21N3OS. The molecule has 2 heterocycles. The molecule has 1 aliphatic carbocycles. The molecule has 0 radical (unpaired) electrons. The average Bonchev–Trinajstić information content (AvgIpc) is 2.94. The van der Waals surface area contributed by atoms with Gasteiger partial charge in [-0.15, -0.1) is 11.3 Å². The zero-order valence-electron chi connectivity index (χ0n) is 13.8. The van der Waals surface area contributed by atoms with Crippen LogP contribution in [0, 0.1) is 0 Å². The number of thiophene rings is 1. The smallest absolute Gasteiger partial charge is 0.259 e. The molecule has 0 bridgehead atoms. The molecule has 24 heavy (non-hydrogen) atoms. The highest BCUT2D eigenvalue weighted by molar-refractivity contribution is 7.18. The third-order valence-corrected chi connectivity index (χ3v) is 5.77. The Bertz CT molecular complexity index is 914. The molecule has 1 aliphatic rings. The van der Waals surface area contributed by atoms with Crippen molar-refractivity contribution in [2.24, 2.45) is 0 Å². The fourth-order valence-electron chi connectivity index (χ4n) is 3.49. The van der Waals surface area contributed by atoms with Gasteiger partial charge in [-0.1, -0.05) is 30.3 Å². The highest BCUT2D eigenvalue weighted by atomic mass is 32.1. The summed E-state index contributed by atoms with van der Waals surface area (Å²) in [5.41, 5.74) is 2.54. The molecule has 0 saturated carbocycles. The molecule has 5 heteroatoms. The van der Waals surface area contributed by atoms with E-state index in [1.54, 1.807) is 11.3 Å². The van der Waals surface area contributed by atoms with Crippen LogP contribution in [0.2, 0.25) is 0 Å². The summed E-state index contributed by atoms with van der Waals surface area (Å²) in [6, 6.07) is 10.3. The first kappa shape index (κ1) is 15.5. The number of aryl methyl sites for hydroxylation is 2. The van der Waals surface area contributed by atoms with Gasteiger partial charge < -0.3 is 4.98 Å². The van der Waals surface area contributed by atoms with Crippen molar-refractivity contribution < 1.29 is 0 Å². The van der Waals surface area contributed by atoms with Crippen molar-refractivity contribution in [2.45, 2.75) is 38.8 Å². The standard InChI is InChI=1S/C19H21N3OS/c1-22(11-13-7-3-2-4-8-13)12-16-20-18(23)17-14-9-5-6-10-15(14)24-19(17)21-16/h2-4,7-8H,5-6,9-12H2,1H3,(H,20,21,23). The number of rotatable bonds is 4. The Labute approximate surface area is 145 Å². The van der Waals surface area contributed by atoms with E-state index in [-0.39, 0.29) is 5.56 Å². The molecule has 3 aromatic rings. The van der Waals surface area contributed by atoms with E-state index < -0.39 is 0 Å². The number of nitrogens with zero attached hydrogens (tertiary/aromatic N) is 2. The Morgan fingerprint density at radius 1 is 1.17 bits per heavy atom. The predicted octanol–water partition coefficient (Wildman–Crippen LogP) is 3.50. The van der Waals surface area contributed by atoms with Gasteiger partial charge in [0.2, 0.25) is 0 Å². The zero-order valence-corrected chi connectivity index (χ0v) is 14.7. The first-order valence-electron chi connectivity index (χ1n) is 8.46. The monoisotopic (exact) mass is 339 g/mol. The number of nitrogens with one attached hydrogen (secondary N) is 1. The van der Waals surface area contributed by atoms with Crippen LogP contribution in [0.1, 0.15) is 34.7 Å². The molecule has 0 spiro atoms. The molecule has 0 fully saturated rings. The van der Waals surface area contributed by atoms with Crippen molar-refractivity contribution in [1.29, 1.82) is 0 Å². The third-order valence-electron chi connectivity index (χ3n) is 4.59. The van der Waals surface area contributed by atoms with Gasteiger partial charge >= 0.3 is 0 Å². The van der Waals surface area contributed by atoms with Crippen LogP contribution < -0.4 is 5.56 Å². The molecular weight excluding hydrogens is 318 g/mol. The lowest BCUT2D eigenvalue weighted by Crippen LogP contribution is -2.21. The summed E-state index contributed by atoms with van der Waals surface area (Å²) in [4.78, 5) is 24.8. The summed E-state index contributed by atoms with van der Waals surface area (Å²) in [7, 11) is 2.05. The van der Waals surface area contributed by atoms with Crippen molar-refractivity contribution in [3.63, 3.8) is 0 Å². The predicted molar refractivity (Wildman–Crippen MR) is 98.5 cm³/mol. The maximum absolute atomic E-state index is 12.6. The highest BCUT2D eigenvalue weighted by Crippen LogP contribution is 2.33. The van der Waals surface area contributed by atoms with Crippen molar-refractivity contribution in [1.82, 2.24) is 14.9 Å². The molecule has 124 valence electrons. The lowest BCUT2D eigenvalue weighted by atomic mass is 9.97. The Balaban J connectivity index is 1.60. The van der Waals surface area contributed by atoms with E-state index in [2.05, 4.69) is 29.1 Å². The van der Waals surface area contributed by atoms with Crippen molar-refractivity contribution in [3.05, 3.63) is 62.5 Å². The van der Waals surface area contributed by atoms with Crippen LogP contribution in [-0.4, -0.2) is 21.9 Å². The zero-order chi connectivity index (χ0) is 16.5. The second kappa shape index (κ2) is 6.49. The van der Waals surface area contributed by atoms with Gasteiger partial charge in [-0.05, 0) is 43.9 Å². The summed E-state index contributed by atoms with van der Waals surface area (Å²) in [5.74, 6) is 0.754. The second-order valence-electron chi connectivity index (χ2n) is 6.56. The Morgan fingerprint density at radius 2 is 1.96 bits per heavy atom. The van der Waals surface area contributed by atoms with Crippen LogP contribution in [0.15, 0.2) is 35.1 Å². The third kappa shape index (κ3) is 3.01. The fraction of sp³-hybridized carbons (Fsp3) is 0.368. The molecule has 0 amide bonds. The summed E-state index contributed by atoms with van der Waals surface area (Å²) < 4.78 is 0. The number of hydrogen-bond donors (Lipinski definition) is 1. The van der Waals surface area contributed by atoms with Gasteiger partial charge in [0.25, 0.3) is 5.56 Å². The average molecular weight is 339 g/mol. The Kier molecular flexibility index (Phi) is 4.21. The van der Waals surface area contributed by atoms with Gasteiger partial charge in [-0.3, -0.25) is 9.69 Å². The first-order valence-corrected chi connectivity index (χ1v) is 9.28. The molecule has 4 rings (SSSR count). The van der Waals surface area contributed by atoms with E-state index in [0.717, 1.165) is 35.4 Å². The summed E-state index contributed by atoms with van der Waals surface area (Å²) in [5, 5.41) is 0.837. The molecule has 0 aliphatic heterocycles. The number of aromatic nitrogens is 2. The number of fused-ring (bicyclic) bond motifs is 3. The van der Waals surface area contributed by atoms with E-state index in [4.69, 9.17) is 4.98 Å². The van der Waals surface area contributed by atoms with E-state index in [0.29, 0.717) is 6.54 Å². The normalized spacial score (nSPS) is 14.2. The largest absolute Gasteiger partial charge is 0.309 e. The highest BCUT2D eigenvalue weighted by Gasteiger charge is 2.19. The van der Waals surface area contributed by atoms with Gasteiger partial charge in [0.15, 0.2) is 0 Å². The fourth-order valence-corrected chi connectivity index (χ4v) is 4.77. The topological polar surface area (TPSA) is 49.0 Å². The summed E-state index contributed by atoms with van der Waals surface area (Å²) >= 11 is 1.71. The molecule has 4 nitrogen and oxygen atoms in total. The van der Waals surface area contributed by atoms with Crippen LogP contribution in [0.25, 0.3) is 10.2 Å². The lowest BCUT2D eigenvalue weighted by molar-refractivity contribution is 0.311. The van der Waals surface area contributed by atoms with E-state index in [1.165, 1.54) is 28.8 Å². The van der Waals surface area contributed by atoms with Gasteiger partial charge in [-0.2, -0.15) is 0 Å². The summed E-state index contributed by atoms with van der Waals surface area (Å²) in [6.45, 7) is 1.48. The van der Waals surface area contributed by atoms with Crippen molar-refractivity contribution in [2.75, 3.05) is 7.05 Å². The maximum atomic E-state index is 12.6. The quantitative estimate of drug-likeness (QED) is 0.791. The van der Waals surface area contributed by atoms with Crippen molar-refractivity contribution in [3.8, 4) is 0 Å².